The number of benzene rings is 1. The first kappa shape index (κ1) is 9.74. The third kappa shape index (κ3) is 2.06. The maximum Gasteiger partial charge on any atom is 0.229 e. The minimum atomic E-state index is -0.617. The molecule has 0 aliphatic rings. The molecule has 0 bridgehead atoms. The highest BCUT2D eigenvalue weighted by molar-refractivity contribution is 6.35. The molecule has 0 aromatic heterocycles. The molecular weight excluding hydrogens is 192 g/mol. The van der Waals surface area contributed by atoms with Gasteiger partial charge in [0.25, 0.3) is 0 Å². The Labute approximate surface area is 80.3 Å². The van der Waals surface area contributed by atoms with Crippen LogP contribution in [0.1, 0.15) is 10.4 Å². The summed E-state index contributed by atoms with van der Waals surface area (Å²) in [4.78, 5) is 21.2. The Kier molecular flexibility index (Phi) is 3.03. The Hall–Kier alpha value is -1.35. The van der Waals surface area contributed by atoms with Crippen molar-refractivity contribution in [2.75, 3.05) is 7.11 Å². The van der Waals surface area contributed by atoms with Crippen LogP contribution in [0.3, 0.4) is 0 Å². The van der Waals surface area contributed by atoms with Gasteiger partial charge in [-0.3, -0.25) is 9.59 Å². The van der Waals surface area contributed by atoms with E-state index in [-0.39, 0.29) is 11.8 Å². The van der Waals surface area contributed by atoms with Gasteiger partial charge in [-0.2, -0.15) is 0 Å². The molecule has 0 saturated heterocycles. The Morgan fingerprint density at radius 3 is 2.77 bits per heavy atom. The van der Waals surface area contributed by atoms with Crippen molar-refractivity contribution < 1.29 is 14.3 Å². The molecule has 0 unspecified atom stereocenters. The fourth-order valence-electron chi connectivity index (χ4n) is 0.932. The van der Waals surface area contributed by atoms with Gasteiger partial charge in [0.05, 0.1) is 12.7 Å². The predicted octanol–water partition coefficient (Wildman–Crippen LogP) is 1.73. The van der Waals surface area contributed by atoms with E-state index in [1.807, 2.05) is 0 Å². The summed E-state index contributed by atoms with van der Waals surface area (Å²) in [6.07, 6.45) is 0.242. The van der Waals surface area contributed by atoms with Gasteiger partial charge < -0.3 is 4.74 Å². The molecular formula is C9H7ClO3. The molecule has 0 fully saturated rings. The zero-order valence-electron chi connectivity index (χ0n) is 6.91. The molecule has 0 N–H and O–H groups in total. The molecule has 68 valence electrons. The number of Topliss-reactive ketones (excluding diaryl/α,β-unsaturated/α-hetero) is 1. The minimum Gasteiger partial charge on any atom is -0.496 e. The third-order valence-electron chi connectivity index (χ3n) is 1.54. The Balaban J connectivity index is 3.20. The first-order chi connectivity index (χ1) is 6.19. The van der Waals surface area contributed by atoms with Crippen molar-refractivity contribution in [3.63, 3.8) is 0 Å². The van der Waals surface area contributed by atoms with Crippen molar-refractivity contribution in [2.45, 2.75) is 0 Å². The Morgan fingerprint density at radius 1 is 1.54 bits per heavy atom. The van der Waals surface area contributed by atoms with Gasteiger partial charge in [-0.1, -0.05) is 11.6 Å². The average molecular weight is 199 g/mol. The van der Waals surface area contributed by atoms with Gasteiger partial charge in [-0.05, 0) is 18.2 Å². The van der Waals surface area contributed by atoms with Gasteiger partial charge in [-0.15, -0.1) is 0 Å². The van der Waals surface area contributed by atoms with E-state index in [0.29, 0.717) is 10.8 Å². The van der Waals surface area contributed by atoms with Gasteiger partial charge in [0, 0.05) is 5.02 Å². The fraction of sp³-hybridized carbons (Fsp3) is 0.111. The molecule has 0 radical (unpaired) electrons. The van der Waals surface area contributed by atoms with Crippen LogP contribution in [0.25, 0.3) is 0 Å². The van der Waals surface area contributed by atoms with Crippen molar-refractivity contribution >= 4 is 23.7 Å². The van der Waals surface area contributed by atoms with Gasteiger partial charge in [0.2, 0.25) is 5.78 Å². The van der Waals surface area contributed by atoms with E-state index < -0.39 is 5.78 Å². The third-order valence-corrected chi connectivity index (χ3v) is 1.77. The van der Waals surface area contributed by atoms with Crippen LogP contribution >= 0.6 is 11.6 Å². The van der Waals surface area contributed by atoms with E-state index in [9.17, 15) is 9.59 Å². The highest BCUT2D eigenvalue weighted by Gasteiger charge is 2.10. The van der Waals surface area contributed by atoms with E-state index >= 15 is 0 Å². The van der Waals surface area contributed by atoms with E-state index in [0.717, 1.165) is 0 Å². The molecule has 0 saturated carbocycles. The van der Waals surface area contributed by atoms with Crippen LogP contribution in [0.4, 0.5) is 0 Å². The van der Waals surface area contributed by atoms with Crippen LogP contribution < -0.4 is 4.74 Å². The lowest BCUT2D eigenvalue weighted by Crippen LogP contribution is -2.02. The highest BCUT2D eigenvalue weighted by atomic mass is 35.5. The zero-order valence-corrected chi connectivity index (χ0v) is 7.67. The lowest BCUT2D eigenvalue weighted by Gasteiger charge is -2.04. The number of aldehydes is 1. The molecule has 1 rings (SSSR count). The number of carbonyl (C=O) groups excluding carboxylic acids is 2. The summed E-state index contributed by atoms with van der Waals surface area (Å²) in [6, 6.07) is 4.47. The van der Waals surface area contributed by atoms with E-state index in [4.69, 9.17) is 16.3 Å². The second-order valence-corrected chi connectivity index (χ2v) is 2.76. The van der Waals surface area contributed by atoms with Crippen molar-refractivity contribution in [1.29, 1.82) is 0 Å². The van der Waals surface area contributed by atoms with E-state index in [1.165, 1.54) is 25.3 Å². The SMILES string of the molecule is COc1cc(Cl)ccc1C(=O)C=O. The molecule has 0 amide bonds. The Morgan fingerprint density at radius 2 is 2.23 bits per heavy atom. The maximum atomic E-state index is 11.0. The summed E-state index contributed by atoms with van der Waals surface area (Å²) in [5.41, 5.74) is 0.224. The first-order valence-electron chi connectivity index (χ1n) is 3.52. The van der Waals surface area contributed by atoms with Crippen LogP contribution in [0.2, 0.25) is 5.02 Å². The molecule has 0 heterocycles. The number of carbonyl (C=O) groups is 2. The van der Waals surface area contributed by atoms with Crippen LogP contribution in [0.15, 0.2) is 18.2 Å². The lowest BCUT2D eigenvalue weighted by atomic mass is 10.1. The summed E-state index contributed by atoms with van der Waals surface area (Å²) in [6.45, 7) is 0. The van der Waals surface area contributed by atoms with Crippen molar-refractivity contribution in [3.8, 4) is 5.75 Å². The molecule has 0 spiro atoms. The molecule has 4 heteroatoms. The van der Waals surface area contributed by atoms with Gasteiger partial charge >= 0.3 is 0 Å². The second kappa shape index (κ2) is 4.05. The fourth-order valence-corrected chi connectivity index (χ4v) is 1.09. The maximum absolute atomic E-state index is 11.0. The molecule has 0 aliphatic carbocycles. The van der Waals surface area contributed by atoms with Crippen LogP contribution in [0.5, 0.6) is 5.75 Å². The number of rotatable bonds is 3. The van der Waals surface area contributed by atoms with E-state index in [2.05, 4.69) is 0 Å². The molecule has 3 nitrogen and oxygen atoms in total. The highest BCUT2D eigenvalue weighted by Crippen LogP contribution is 2.22. The quantitative estimate of drug-likeness (QED) is 0.422. The monoisotopic (exact) mass is 198 g/mol. The van der Waals surface area contributed by atoms with E-state index in [1.54, 1.807) is 0 Å². The molecule has 1 aromatic carbocycles. The summed E-state index contributed by atoms with van der Waals surface area (Å²) in [5, 5.41) is 0.458. The normalized spacial score (nSPS) is 9.38. The zero-order chi connectivity index (χ0) is 9.84. The number of halogens is 1. The first-order valence-corrected chi connectivity index (χ1v) is 3.90. The summed E-state index contributed by atoms with van der Waals surface area (Å²) in [7, 11) is 1.41. The van der Waals surface area contributed by atoms with Crippen molar-refractivity contribution in [3.05, 3.63) is 28.8 Å². The summed E-state index contributed by atoms with van der Waals surface area (Å²) in [5.74, 6) is -0.307. The number of hydrogen-bond acceptors (Lipinski definition) is 3. The standard InChI is InChI=1S/C9H7ClO3/c1-13-9-4-6(10)2-3-7(9)8(12)5-11/h2-5H,1H3. The molecule has 0 aliphatic heterocycles. The largest absolute Gasteiger partial charge is 0.496 e. The number of ether oxygens (including phenoxy) is 1. The van der Waals surface area contributed by atoms with Crippen LogP contribution in [0, 0.1) is 0 Å². The van der Waals surface area contributed by atoms with Crippen molar-refractivity contribution in [2.24, 2.45) is 0 Å². The number of methoxy groups -OCH3 is 1. The molecule has 13 heavy (non-hydrogen) atoms. The van der Waals surface area contributed by atoms with Crippen molar-refractivity contribution in [1.82, 2.24) is 0 Å². The summed E-state index contributed by atoms with van der Waals surface area (Å²) >= 11 is 5.66. The lowest BCUT2D eigenvalue weighted by molar-refractivity contribution is -0.104. The molecule has 0 atom stereocenters. The average Bonchev–Trinajstić information content (AvgIpc) is 2.16. The molecule has 1 aromatic rings. The summed E-state index contributed by atoms with van der Waals surface area (Å²) < 4.78 is 4.88. The van der Waals surface area contributed by atoms with Crippen LogP contribution in [-0.2, 0) is 4.79 Å². The van der Waals surface area contributed by atoms with Gasteiger partial charge in [0.1, 0.15) is 5.75 Å². The number of ketones is 1. The number of hydrogen-bond donors (Lipinski definition) is 0. The van der Waals surface area contributed by atoms with Gasteiger partial charge in [0.15, 0.2) is 6.29 Å². The second-order valence-electron chi connectivity index (χ2n) is 2.33. The predicted molar refractivity (Wildman–Crippen MR) is 48.4 cm³/mol. The van der Waals surface area contributed by atoms with Gasteiger partial charge in [-0.25, -0.2) is 0 Å². The van der Waals surface area contributed by atoms with Crippen LogP contribution in [-0.4, -0.2) is 19.2 Å². The minimum absolute atomic E-state index is 0.224. The smallest absolute Gasteiger partial charge is 0.229 e. The topological polar surface area (TPSA) is 43.4 Å². The Bertz CT molecular complexity index is 347.